The van der Waals surface area contributed by atoms with Gasteiger partial charge in [0, 0.05) is 19.3 Å². The summed E-state index contributed by atoms with van der Waals surface area (Å²) in [6, 6.07) is 0. The molecule has 0 saturated heterocycles. The molecule has 444 valence electrons. The number of aliphatic hydroxyl groups excluding tert-OH is 1. The number of carbonyl (C=O) groups is 3. The van der Waals surface area contributed by atoms with Crippen molar-refractivity contribution in [1.82, 2.24) is 0 Å². The van der Waals surface area contributed by atoms with Gasteiger partial charge in [0.05, 0.1) is 19.8 Å². The van der Waals surface area contributed by atoms with Crippen LogP contribution < -0.4 is 0 Å². The number of phosphoric ester groups is 1. The van der Waals surface area contributed by atoms with E-state index in [0.717, 1.165) is 103 Å². The van der Waals surface area contributed by atoms with Crippen LogP contribution in [0.5, 0.6) is 0 Å². The monoisotopic (exact) mass is 1090 g/mol. The molecule has 3 unspecified atom stereocenters. The number of ether oxygens (including phenoxy) is 3. The first-order chi connectivity index (χ1) is 37.2. The molecule has 2 N–H and O–H groups in total. The summed E-state index contributed by atoms with van der Waals surface area (Å²) in [6.07, 6.45) is 63.4. The minimum absolute atomic E-state index is 0.169. The smallest absolute Gasteiger partial charge is 0.462 e. The molecule has 12 heteroatoms. The number of aliphatic hydroxyl groups is 1. The predicted octanol–water partition coefficient (Wildman–Crippen LogP) is 18.9. The van der Waals surface area contributed by atoms with Crippen molar-refractivity contribution < 1.29 is 52.2 Å². The topological polar surface area (TPSA) is 155 Å². The molecule has 0 bridgehead atoms. The quantitative estimate of drug-likeness (QED) is 0.0197. The number of unbranched alkanes of at least 4 members (excludes halogenated alkanes) is 34. The van der Waals surface area contributed by atoms with E-state index >= 15 is 0 Å². The van der Waals surface area contributed by atoms with Gasteiger partial charge in [-0.1, -0.05) is 275 Å². The van der Waals surface area contributed by atoms with Gasteiger partial charge in [-0.2, -0.15) is 0 Å². The molecule has 0 aromatic heterocycles. The van der Waals surface area contributed by atoms with E-state index in [0.29, 0.717) is 19.3 Å². The van der Waals surface area contributed by atoms with Crippen LogP contribution in [-0.4, -0.2) is 66.5 Å². The zero-order valence-corrected chi connectivity index (χ0v) is 50.1. The Labute approximate surface area is 466 Å². The van der Waals surface area contributed by atoms with E-state index in [2.05, 4.69) is 69.4 Å². The predicted molar refractivity (Wildman–Crippen MR) is 316 cm³/mol. The Balaban J connectivity index is 4.68. The Bertz CT molecular complexity index is 1460. The van der Waals surface area contributed by atoms with Crippen molar-refractivity contribution >= 4 is 25.7 Å². The fourth-order valence-electron chi connectivity index (χ4n) is 9.00. The lowest BCUT2D eigenvalue weighted by Gasteiger charge is -2.21. The van der Waals surface area contributed by atoms with Crippen molar-refractivity contribution in [2.24, 2.45) is 0 Å². The lowest BCUT2D eigenvalue weighted by Crippen LogP contribution is -2.30. The van der Waals surface area contributed by atoms with Crippen LogP contribution in [0.25, 0.3) is 0 Å². The Kier molecular flexibility index (Phi) is 56.6. The highest BCUT2D eigenvalue weighted by atomic mass is 31.2. The van der Waals surface area contributed by atoms with Crippen LogP contribution in [0.2, 0.25) is 0 Å². The molecule has 0 saturated carbocycles. The Morgan fingerprint density at radius 2 is 0.684 bits per heavy atom. The summed E-state index contributed by atoms with van der Waals surface area (Å²) in [5.74, 6) is -1.46. The minimum atomic E-state index is -4.75. The van der Waals surface area contributed by atoms with Crippen LogP contribution in [0.1, 0.15) is 303 Å². The van der Waals surface area contributed by atoms with E-state index < -0.39 is 57.8 Å². The molecule has 11 nitrogen and oxygen atoms in total. The van der Waals surface area contributed by atoms with E-state index in [4.69, 9.17) is 23.3 Å². The second kappa shape index (κ2) is 58.6. The van der Waals surface area contributed by atoms with Crippen molar-refractivity contribution in [1.29, 1.82) is 0 Å². The van der Waals surface area contributed by atoms with Crippen molar-refractivity contribution in [3.63, 3.8) is 0 Å². The van der Waals surface area contributed by atoms with Crippen molar-refractivity contribution in [3.8, 4) is 0 Å². The summed E-state index contributed by atoms with van der Waals surface area (Å²) in [5, 5.41) is 9.84. The summed E-state index contributed by atoms with van der Waals surface area (Å²) in [6.45, 7) is 4.58. The van der Waals surface area contributed by atoms with Crippen LogP contribution in [0.3, 0.4) is 0 Å². The maximum atomic E-state index is 12.9. The van der Waals surface area contributed by atoms with Crippen molar-refractivity contribution in [3.05, 3.63) is 48.6 Å². The van der Waals surface area contributed by atoms with Crippen molar-refractivity contribution in [2.45, 2.75) is 315 Å². The number of carbonyl (C=O) groups excluding carboxylic acids is 3. The van der Waals surface area contributed by atoms with Crippen LogP contribution >= 0.6 is 7.82 Å². The molecular weight excluding hydrogens is 976 g/mol. The van der Waals surface area contributed by atoms with Gasteiger partial charge in [0.1, 0.15) is 12.7 Å². The zero-order chi connectivity index (χ0) is 55.5. The third-order valence-corrected chi connectivity index (χ3v) is 14.7. The van der Waals surface area contributed by atoms with Gasteiger partial charge in [-0.15, -0.1) is 0 Å². The molecule has 0 heterocycles. The lowest BCUT2D eigenvalue weighted by atomic mass is 10.0. The molecular formula is C64H117O11P. The Morgan fingerprint density at radius 3 is 1.05 bits per heavy atom. The van der Waals surface area contributed by atoms with Gasteiger partial charge in [-0.25, -0.2) is 4.57 Å². The molecule has 0 aliphatic heterocycles. The second-order valence-corrected chi connectivity index (χ2v) is 22.7. The number of hydrogen-bond acceptors (Lipinski definition) is 10. The number of esters is 3. The molecule has 0 aliphatic carbocycles. The number of rotatable bonds is 59. The maximum Gasteiger partial charge on any atom is 0.472 e. The van der Waals surface area contributed by atoms with Crippen molar-refractivity contribution in [2.75, 3.05) is 26.4 Å². The Morgan fingerprint density at radius 1 is 0.382 bits per heavy atom. The maximum absolute atomic E-state index is 12.9. The largest absolute Gasteiger partial charge is 0.472 e. The van der Waals surface area contributed by atoms with E-state index in [1.54, 1.807) is 0 Å². The van der Waals surface area contributed by atoms with E-state index in [1.165, 1.54) is 141 Å². The molecule has 3 atom stereocenters. The highest BCUT2D eigenvalue weighted by Crippen LogP contribution is 2.43. The van der Waals surface area contributed by atoms with Crippen LogP contribution in [0, 0.1) is 0 Å². The molecule has 0 amide bonds. The third-order valence-electron chi connectivity index (χ3n) is 13.8. The SMILES string of the molecule is CC/C=C\C/C=C\C/C=C\C/C=C\CCCCCCCCC(=O)OCC(COP(=O)(O)OCC(CO)OC(=O)CCCCCCCCCCCCCCCCC)OC(=O)CCCCCCCCCCCCCCCCC. The number of hydrogen-bond donors (Lipinski definition) is 2. The van der Waals surface area contributed by atoms with Gasteiger partial charge in [-0.05, 0) is 57.8 Å². The van der Waals surface area contributed by atoms with Crippen LogP contribution in [-0.2, 0) is 42.2 Å². The molecule has 0 fully saturated rings. The van der Waals surface area contributed by atoms with Gasteiger partial charge >= 0.3 is 25.7 Å². The molecule has 0 aromatic carbocycles. The van der Waals surface area contributed by atoms with Gasteiger partial charge in [0.15, 0.2) is 6.10 Å². The van der Waals surface area contributed by atoms with Crippen LogP contribution in [0.4, 0.5) is 0 Å². The summed E-state index contributed by atoms with van der Waals surface area (Å²) in [7, 11) is -4.75. The van der Waals surface area contributed by atoms with Gasteiger partial charge in [0.25, 0.3) is 0 Å². The fourth-order valence-corrected chi connectivity index (χ4v) is 9.78. The minimum Gasteiger partial charge on any atom is -0.462 e. The normalized spacial score (nSPS) is 13.6. The molecule has 0 rings (SSSR count). The van der Waals surface area contributed by atoms with Gasteiger partial charge < -0.3 is 24.2 Å². The van der Waals surface area contributed by atoms with Crippen LogP contribution in [0.15, 0.2) is 48.6 Å². The second-order valence-electron chi connectivity index (χ2n) is 21.2. The Hall–Kier alpha value is -2.56. The van der Waals surface area contributed by atoms with E-state index in [1.807, 2.05) is 0 Å². The first-order valence-electron chi connectivity index (χ1n) is 31.5. The molecule has 0 spiro atoms. The number of phosphoric acid groups is 1. The first kappa shape index (κ1) is 73.4. The fraction of sp³-hybridized carbons (Fsp3) is 0.828. The first-order valence-corrected chi connectivity index (χ1v) is 33.0. The standard InChI is InChI=1S/C64H117O11P/c1-4-7-10-13-16-19-22-25-28-29-30-31-34-35-38-41-44-47-50-53-62(66)71-57-61(75-64(68)55-52-49-46-43-40-37-33-27-24-21-18-15-12-9-6-3)59-73-76(69,70)72-58-60(56-65)74-63(67)54-51-48-45-42-39-36-32-26-23-20-17-14-11-8-5-2/h7,10,16,19,25,28,30-31,60-61,65H,4-6,8-9,11-15,17-18,20-24,26-27,29,32-59H2,1-3H3,(H,69,70)/b10-7-,19-16-,28-25-,31-30-. The zero-order valence-electron chi connectivity index (χ0n) is 49.2. The molecule has 0 aromatic rings. The number of allylic oxidation sites excluding steroid dienone is 8. The van der Waals surface area contributed by atoms with Gasteiger partial charge in [-0.3, -0.25) is 23.4 Å². The lowest BCUT2D eigenvalue weighted by molar-refractivity contribution is -0.161. The van der Waals surface area contributed by atoms with E-state index in [-0.39, 0.29) is 25.9 Å². The summed E-state index contributed by atoms with van der Waals surface area (Å²) in [5.41, 5.74) is 0. The highest BCUT2D eigenvalue weighted by Gasteiger charge is 2.28. The van der Waals surface area contributed by atoms with Gasteiger partial charge in [0.2, 0.25) is 0 Å². The average Bonchev–Trinajstić information content (AvgIpc) is 3.41. The highest BCUT2D eigenvalue weighted by molar-refractivity contribution is 7.47. The molecule has 0 aliphatic rings. The van der Waals surface area contributed by atoms with E-state index in [9.17, 15) is 28.9 Å². The summed E-state index contributed by atoms with van der Waals surface area (Å²) in [4.78, 5) is 48.7. The molecule has 76 heavy (non-hydrogen) atoms. The third kappa shape index (κ3) is 56.2. The summed E-state index contributed by atoms with van der Waals surface area (Å²) < 4.78 is 39.7. The molecule has 0 radical (unpaired) electrons. The summed E-state index contributed by atoms with van der Waals surface area (Å²) >= 11 is 0. The average molecular weight is 1090 g/mol.